The molecular formula is C16H22N4O. The number of nitrogens with zero attached hydrogens (tertiary/aromatic N) is 3. The molecule has 0 aliphatic carbocycles. The van der Waals surface area contributed by atoms with Crippen molar-refractivity contribution in [2.75, 3.05) is 30.9 Å². The fourth-order valence-corrected chi connectivity index (χ4v) is 2.06. The first-order valence-electron chi connectivity index (χ1n) is 7.18. The van der Waals surface area contributed by atoms with E-state index in [2.05, 4.69) is 22.2 Å². The summed E-state index contributed by atoms with van der Waals surface area (Å²) in [5.74, 6) is 2.23. The van der Waals surface area contributed by atoms with Crippen molar-refractivity contribution >= 4 is 11.5 Å². The fourth-order valence-electron chi connectivity index (χ4n) is 2.06. The third-order valence-corrected chi connectivity index (χ3v) is 3.15. The van der Waals surface area contributed by atoms with Crippen LogP contribution in [0.15, 0.2) is 30.6 Å². The molecular weight excluding hydrogens is 264 g/mol. The zero-order chi connectivity index (χ0) is 15.2. The van der Waals surface area contributed by atoms with Gasteiger partial charge in [-0.2, -0.15) is 0 Å². The average Bonchev–Trinajstić information content (AvgIpc) is 2.48. The van der Waals surface area contributed by atoms with Crippen molar-refractivity contribution in [1.82, 2.24) is 9.97 Å². The highest BCUT2D eigenvalue weighted by Crippen LogP contribution is 2.29. The number of hydrogen-bond donors (Lipinski definition) is 1. The van der Waals surface area contributed by atoms with Gasteiger partial charge in [-0.25, -0.2) is 9.97 Å². The molecule has 1 aromatic carbocycles. The maximum atomic E-state index is 5.96. The predicted molar refractivity (Wildman–Crippen MR) is 86.4 cm³/mol. The van der Waals surface area contributed by atoms with Gasteiger partial charge >= 0.3 is 0 Å². The molecule has 21 heavy (non-hydrogen) atoms. The van der Waals surface area contributed by atoms with Gasteiger partial charge in [0, 0.05) is 32.4 Å². The van der Waals surface area contributed by atoms with Gasteiger partial charge in [0.25, 0.3) is 0 Å². The van der Waals surface area contributed by atoms with Crippen LogP contribution >= 0.6 is 0 Å². The molecule has 0 aliphatic heterocycles. The third kappa shape index (κ3) is 3.62. The van der Waals surface area contributed by atoms with Crippen molar-refractivity contribution in [2.45, 2.75) is 20.3 Å². The van der Waals surface area contributed by atoms with E-state index in [0.717, 1.165) is 35.8 Å². The van der Waals surface area contributed by atoms with Crippen LogP contribution in [0.3, 0.4) is 0 Å². The topological polar surface area (TPSA) is 50.3 Å². The van der Waals surface area contributed by atoms with Crippen LogP contribution in [0.2, 0.25) is 0 Å². The monoisotopic (exact) mass is 286 g/mol. The SMILES string of the molecule is CCNc1ncnc(Oc2cccc(N(C)C)c2)c1CC. The third-order valence-electron chi connectivity index (χ3n) is 3.15. The minimum absolute atomic E-state index is 0.611. The summed E-state index contributed by atoms with van der Waals surface area (Å²) < 4.78 is 5.96. The number of nitrogens with one attached hydrogen (secondary N) is 1. The Kier molecular flexibility index (Phi) is 4.98. The standard InChI is InChI=1S/C16H22N4O/c1-5-14-15(17-6-2)18-11-19-16(14)21-13-9-7-8-12(10-13)20(3)4/h7-11H,5-6H2,1-4H3,(H,17,18,19). The van der Waals surface area contributed by atoms with Gasteiger partial charge in [-0.05, 0) is 25.5 Å². The lowest BCUT2D eigenvalue weighted by Crippen LogP contribution is -2.08. The lowest BCUT2D eigenvalue weighted by atomic mass is 10.2. The number of hydrogen-bond acceptors (Lipinski definition) is 5. The normalized spacial score (nSPS) is 10.3. The molecule has 2 aromatic rings. The molecule has 5 heteroatoms. The Hall–Kier alpha value is -2.30. The molecule has 1 N–H and O–H groups in total. The van der Waals surface area contributed by atoms with Crippen molar-refractivity contribution in [2.24, 2.45) is 0 Å². The van der Waals surface area contributed by atoms with Gasteiger partial charge in [0.1, 0.15) is 17.9 Å². The minimum Gasteiger partial charge on any atom is -0.438 e. The second-order valence-corrected chi connectivity index (χ2v) is 4.88. The highest BCUT2D eigenvalue weighted by atomic mass is 16.5. The van der Waals surface area contributed by atoms with Crippen LogP contribution in [0, 0.1) is 0 Å². The molecule has 0 spiro atoms. The molecule has 0 unspecified atom stereocenters. The first-order valence-corrected chi connectivity index (χ1v) is 7.18. The van der Waals surface area contributed by atoms with Gasteiger partial charge in [-0.15, -0.1) is 0 Å². The number of benzene rings is 1. The molecule has 0 amide bonds. The van der Waals surface area contributed by atoms with Gasteiger partial charge < -0.3 is 15.0 Å². The van der Waals surface area contributed by atoms with Gasteiger partial charge in [0.15, 0.2) is 0 Å². The maximum Gasteiger partial charge on any atom is 0.227 e. The predicted octanol–water partition coefficient (Wildman–Crippen LogP) is 3.33. The summed E-state index contributed by atoms with van der Waals surface area (Å²) in [5, 5.41) is 3.24. The van der Waals surface area contributed by atoms with E-state index < -0.39 is 0 Å². The second kappa shape index (κ2) is 6.92. The number of anilines is 2. The van der Waals surface area contributed by atoms with Crippen molar-refractivity contribution in [3.05, 3.63) is 36.2 Å². The molecule has 0 radical (unpaired) electrons. The number of rotatable bonds is 6. The van der Waals surface area contributed by atoms with Gasteiger partial charge in [-0.3, -0.25) is 0 Å². The zero-order valence-electron chi connectivity index (χ0n) is 13.1. The van der Waals surface area contributed by atoms with E-state index in [1.165, 1.54) is 6.33 Å². The van der Waals surface area contributed by atoms with Gasteiger partial charge in [0.05, 0.1) is 5.56 Å². The summed E-state index contributed by atoms with van der Waals surface area (Å²) in [6.07, 6.45) is 2.34. The molecule has 0 saturated heterocycles. The summed E-state index contributed by atoms with van der Waals surface area (Å²) in [7, 11) is 4.01. The number of ether oxygens (including phenoxy) is 1. The lowest BCUT2D eigenvalue weighted by molar-refractivity contribution is 0.455. The molecule has 0 fully saturated rings. The summed E-state index contributed by atoms with van der Waals surface area (Å²) in [5.41, 5.74) is 2.08. The van der Waals surface area contributed by atoms with Crippen LogP contribution in [-0.2, 0) is 6.42 Å². The molecule has 0 bridgehead atoms. The summed E-state index contributed by atoms with van der Waals surface area (Å²) in [6.45, 7) is 4.94. The largest absolute Gasteiger partial charge is 0.438 e. The maximum absolute atomic E-state index is 5.96. The van der Waals surface area contributed by atoms with Crippen LogP contribution < -0.4 is 15.0 Å². The fraction of sp³-hybridized carbons (Fsp3) is 0.375. The van der Waals surface area contributed by atoms with Crippen LogP contribution in [0.4, 0.5) is 11.5 Å². The van der Waals surface area contributed by atoms with E-state index in [-0.39, 0.29) is 0 Å². The van der Waals surface area contributed by atoms with E-state index in [4.69, 9.17) is 4.74 Å². The van der Waals surface area contributed by atoms with Crippen LogP contribution in [-0.4, -0.2) is 30.6 Å². The number of aromatic nitrogens is 2. The molecule has 0 saturated carbocycles. The average molecular weight is 286 g/mol. The smallest absolute Gasteiger partial charge is 0.227 e. The van der Waals surface area contributed by atoms with Crippen LogP contribution in [0.1, 0.15) is 19.4 Å². The molecule has 1 heterocycles. The van der Waals surface area contributed by atoms with Crippen molar-refractivity contribution in [3.63, 3.8) is 0 Å². The molecule has 0 aliphatic rings. The lowest BCUT2D eigenvalue weighted by Gasteiger charge is -2.15. The minimum atomic E-state index is 0.611. The van der Waals surface area contributed by atoms with E-state index in [9.17, 15) is 0 Å². The van der Waals surface area contributed by atoms with E-state index >= 15 is 0 Å². The van der Waals surface area contributed by atoms with Crippen molar-refractivity contribution in [3.8, 4) is 11.6 Å². The molecule has 2 rings (SSSR count). The van der Waals surface area contributed by atoms with Crippen molar-refractivity contribution < 1.29 is 4.74 Å². The Bertz CT molecular complexity index is 599. The Morgan fingerprint density at radius 2 is 2.00 bits per heavy atom. The summed E-state index contributed by atoms with van der Waals surface area (Å²) in [6, 6.07) is 7.94. The van der Waals surface area contributed by atoms with Gasteiger partial charge in [0.2, 0.25) is 5.88 Å². The quantitative estimate of drug-likeness (QED) is 0.882. The van der Waals surface area contributed by atoms with Crippen molar-refractivity contribution in [1.29, 1.82) is 0 Å². The molecule has 112 valence electrons. The van der Waals surface area contributed by atoms with Crippen LogP contribution in [0.25, 0.3) is 0 Å². The van der Waals surface area contributed by atoms with E-state index in [0.29, 0.717) is 5.88 Å². The second-order valence-electron chi connectivity index (χ2n) is 4.88. The zero-order valence-corrected chi connectivity index (χ0v) is 13.1. The van der Waals surface area contributed by atoms with E-state index in [1.54, 1.807) is 0 Å². The Morgan fingerprint density at radius 3 is 2.67 bits per heavy atom. The molecule has 5 nitrogen and oxygen atoms in total. The summed E-state index contributed by atoms with van der Waals surface area (Å²) >= 11 is 0. The Labute approximate surface area is 126 Å². The van der Waals surface area contributed by atoms with E-state index in [1.807, 2.05) is 50.2 Å². The molecule has 1 aromatic heterocycles. The summed E-state index contributed by atoms with van der Waals surface area (Å²) in [4.78, 5) is 10.6. The van der Waals surface area contributed by atoms with Gasteiger partial charge in [-0.1, -0.05) is 13.0 Å². The highest BCUT2D eigenvalue weighted by Gasteiger charge is 2.11. The highest BCUT2D eigenvalue weighted by molar-refractivity contribution is 5.52. The first kappa shape index (κ1) is 15.1. The first-order chi connectivity index (χ1) is 10.2. The van der Waals surface area contributed by atoms with Crippen LogP contribution in [0.5, 0.6) is 11.6 Å². The Morgan fingerprint density at radius 1 is 1.19 bits per heavy atom. The Balaban J connectivity index is 2.30. The molecule has 0 atom stereocenters.